The molecule has 33 heavy (non-hydrogen) atoms. The summed E-state index contributed by atoms with van der Waals surface area (Å²) in [6, 6.07) is 13.7. The fourth-order valence-corrected chi connectivity index (χ4v) is 4.52. The molecule has 2 fully saturated rings. The summed E-state index contributed by atoms with van der Waals surface area (Å²) in [5.74, 6) is 0.935. The predicted molar refractivity (Wildman–Crippen MR) is 128 cm³/mol. The van der Waals surface area contributed by atoms with E-state index >= 15 is 0 Å². The molecule has 4 rings (SSSR count). The number of aryl methyl sites for hydroxylation is 2. The first-order chi connectivity index (χ1) is 15.9. The summed E-state index contributed by atoms with van der Waals surface area (Å²) in [5.41, 5.74) is 10.6. The molecule has 176 valence electrons. The van der Waals surface area contributed by atoms with Gasteiger partial charge in [-0.15, -0.1) is 0 Å². The third-order valence-electron chi connectivity index (χ3n) is 6.71. The monoisotopic (exact) mass is 450 g/mol. The second kappa shape index (κ2) is 10.4. The highest BCUT2D eigenvalue weighted by atomic mass is 16.5. The molecule has 2 aromatic carbocycles. The van der Waals surface area contributed by atoms with Crippen LogP contribution >= 0.6 is 0 Å². The summed E-state index contributed by atoms with van der Waals surface area (Å²) < 4.78 is 5.51. The number of hydrogen-bond donors (Lipinski definition) is 3. The third kappa shape index (κ3) is 5.54. The van der Waals surface area contributed by atoms with Gasteiger partial charge in [0.1, 0.15) is 11.8 Å². The van der Waals surface area contributed by atoms with Crippen LogP contribution in [-0.4, -0.2) is 48.5 Å². The molecule has 2 atom stereocenters. The summed E-state index contributed by atoms with van der Waals surface area (Å²) in [6.07, 6.45) is 2.24. The van der Waals surface area contributed by atoms with Crippen molar-refractivity contribution >= 4 is 11.8 Å². The molecule has 0 saturated carbocycles. The number of hydrogen-bond acceptors (Lipinski definition) is 5. The lowest BCUT2D eigenvalue weighted by Crippen LogP contribution is -2.51. The van der Waals surface area contributed by atoms with E-state index in [1.807, 2.05) is 68.1 Å². The molecule has 0 spiro atoms. The average Bonchev–Trinajstić information content (AvgIpc) is 3.32. The van der Waals surface area contributed by atoms with E-state index in [1.165, 1.54) is 5.56 Å². The van der Waals surface area contributed by atoms with Gasteiger partial charge in [0, 0.05) is 30.7 Å². The van der Waals surface area contributed by atoms with Crippen LogP contribution in [0, 0.1) is 13.8 Å². The van der Waals surface area contributed by atoms with Crippen molar-refractivity contribution in [1.82, 2.24) is 21.1 Å². The van der Waals surface area contributed by atoms with Crippen LogP contribution in [0.3, 0.4) is 0 Å². The Hall–Kier alpha value is -2.90. The molecule has 2 aliphatic heterocycles. The third-order valence-corrected chi connectivity index (χ3v) is 6.71. The van der Waals surface area contributed by atoms with Gasteiger partial charge < -0.3 is 15.0 Å². The van der Waals surface area contributed by atoms with Gasteiger partial charge in [0.25, 0.3) is 5.91 Å². The molecule has 3 N–H and O–H groups in total. The molecule has 0 radical (unpaired) electrons. The Morgan fingerprint density at radius 3 is 2.42 bits per heavy atom. The molecule has 0 aliphatic carbocycles. The lowest BCUT2D eigenvalue weighted by atomic mass is 9.99. The molecule has 2 aliphatic rings. The van der Waals surface area contributed by atoms with Crippen LogP contribution in [-0.2, 0) is 4.79 Å². The van der Waals surface area contributed by atoms with E-state index < -0.39 is 0 Å². The lowest BCUT2D eigenvalue weighted by molar-refractivity contribution is -0.134. The maximum atomic E-state index is 13.1. The first kappa shape index (κ1) is 23.3. The molecule has 2 amide bonds. The Bertz CT molecular complexity index is 984. The van der Waals surface area contributed by atoms with E-state index in [9.17, 15) is 9.59 Å². The standard InChI is InChI=1S/C26H34N4O3/c1-4-33-22-9-7-19(8-10-22)23-16-24(29-28-23)26(32)30-13-11-21(12-14-30)27-25(31)20-6-5-17(2)18(3)15-20/h5-10,15,21,23-24,28-29H,4,11-14,16H2,1-3H3,(H,27,31). The smallest absolute Gasteiger partial charge is 0.251 e. The van der Waals surface area contributed by atoms with E-state index in [1.54, 1.807) is 0 Å². The van der Waals surface area contributed by atoms with Gasteiger partial charge in [-0.05, 0) is 81.0 Å². The van der Waals surface area contributed by atoms with E-state index in [2.05, 4.69) is 16.2 Å². The van der Waals surface area contributed by atoms with Crippen LogP contribution in [0.2, 0.25) is 0 Å². The van der Waals surface area contributed by atoms with E-state index in [0.29, 0.717) is 31.7 Å². The van der Waals surface area contributed by atoms with E-state index in [4.69, 9.17) is 4.74 Å². The molecular weight excluding hydrogens is 416 g/mol. The maximum Gasteiger partial charge on any atom is 0.251 e. The summed E-state index contributed by atoms with van der Waals surface area (Å²) >= 11 is 0. The molecule has 2 saturated heterocycles. The van der Waals surface area contributed by atoms with Gasteiger partial charge >= 0.3 is 0 Å². The van der Waals surface area contributed by atoms with Crippen molar-refractivity contribution < 1.29 is 14.3 Å². The van der Waals surface area contributed by atoms with Crippen LogP contribution in [0.15, 0.2) is 42.5 Å². The maximum absolute atomic E-state index is 13.1. The first-order valence-corrected chi connectivity index (χ1v) is 11.8. The van der Waals surface area contributed by atoms with Gasteiger partial charge in [-0.1, -0.05) is 18.2 Å². The zero-order valence-electron chi connectivity index (χ0n) is 19.7. The Balaban J connectivity index is 1.25. The highest BCUT2D eigenvalue weighted by Crippen LogP contribution is 2.26. The number of amides is 2. The largest absolute Gasteiger partial charge is 0.494 e. The van der Waals surface area contributed by atoms with Gasteiger partial charge in [0.05, 0.1) is 6.61 Å². The SMILES string of the molecule is CCOc1ccc(C2CC(C(=O)N3CCC(NC(=O)c4ccc(C)c(C)c4)CC3)NN2)cc1. The van der Waals surface area contributed by atoms with Crippen molar-refractivity contribution in [2.75, 3.05) is 19.7 Å². The fraction of sp³-hybridized carbons (Fsp3) is 0.462. The van der Waals surface area contributed by atoms with Gasteiger partial charge in [-0.3, -0.25) is 9.59 Å². The Kier molecular flexibility index (Phi) is 7.30. The average molecular weight is 451 g/mol. The van der Waals surface area contributed by atoms with E-state index in [-0.39, 0.29) is 29.9 Å². The quantitative estimate of drug-likeness (QED) is 0.630. The minimum Gasteiger partial charge on any atom is -0.494 e. The van der Waals surface area contributed by atoms with Gasteiger partial charge in [0.15, 0.2) is 0 Å². The normalized spacial score (nSPS) is 21.1. The number of carbonyl (C=O) groups is 2. The summed E-state index contributed by atoms with van der Waals surface area (Å²) in [6.45, 7) is 7.98. The number of piperidine rings is 1. The minimum atomic E-state index is -0.247. The van der Waals surface area contributed by atoms with Crippen LogP contribution in [0.5, 0.6) is 5.75 Å². The molecule has 2 aromatic rings. The van der Waals surface area contributed by atoms with Crippen molar-refractivity contribution in [3.8, 4) is 5.75 Å². The summed E-state index contributed by atoms with van der Waals surface area (Å²) in [5, 5.41) is 3.14. The summed E-state index contributed by atoms with van der Waals surface area (Å²) in [7, 11) is 0. The van der Waals surface area contributed by atoms with Crippen molar-refractivity contribution in [3.63, 3.8) is 0 Å². The number of carbonyl (C=O) groups excluding carboxylic acids is 2. The van der Waals surface area contributed by atoms with Crippen molar-refractivity contribution in [3.05, 3.63) is 64.7 Å². The van der Waals surface area contributed by atoms with E-state index in [0.717, 1.165) is 29.7 Å². The molecule has 0 aromatic heterocycles. The Morgan fingerprint density at radius 1 is 1.03 bits per heavy atom. The van der Waals surface area contributed by atoms with Crippen molar-refractivity contribution in [1.29, 1.82) is 0 Å². The lowest BCUT2D eigenvalue weighted by Gasteiger charge is -2.33. The number of rotatable bonds is 6. The highest BCUT2D eigenvalue weighted by Gasteiger charge is 2.34. The minimum absolute atomic E-state index is 0.0391. The van der Waals surface area contributed by atoms with Crippen LogP contribution < -0.4 is 20.9 Å². The predicted octanol–water partition coefficient (Wildman–Crippen LogP) is 3.03. The highest BCUT2D eigenvalue weighted by molar-refractivity contribution is 5.94. The Morgan fingerprint density at radius 2 is 1.76 bits per heavy atom. The van der Waals surface area contributed by atoms with Crippen molar-refractivity contribution in [2.24, 2.45) is 0 Å². The number of benzene rings is 2. The number of nitrogens with zero attached hydrogens (tertiary/aromatic N) is 1. The van der Waals surface area contributed by atoms with Crippen LogP contribution in [0.25, 0.3) is 0 Å². The fourth-order valence-electron chi connectivity index (χ4n) is 4.52. The second-order valence-electron chi connectivity index (χ2n) is 9.00. The van der Waals surface area contributed by atoms with Gasteiger partial charge in [-0.25, -0.2) is 10.9 Å². The Labute approximate surface area is 195 Å². The number of likely N-dealkylation sites (tertiary alicyclic amines) is 1. The molecule has 0 bridgehead atoms. The molecule has 7 nitrogen and oxygen atoms in total. The van der Waals surface area contributed by atoms with Gasteiger partial charge in [-0.2, -0.15) is 0 Å². The summed E-state index contributed by atoms with van der Waals surface area (Å²) in [4.78, 5) is 27.6. The first-order valence-electron chi connectivity index (χ1n) is 11.8. The second-order valence-corrected chi connectivity index (χ2v) is 9.00. The topological polar surface area (TPSA) is 82.7 Å². The van der Waals surface area contributed by atoms with Gasteiger partial charge in [0.2, 0.25) is 5.91 Å². The number of hydrazine groups is 1. The zero-order chi connectivity index (χ0) is 23.4. The van der Waals surface area contributed by atoms with Crippen LogP contribution in [0.4, 0.5) is 0 Å². The molecule has 2 unspecified atom stereocenters. The molecular formula is C26H34N4O3. The van der Waals surface area contributed by atoms with Crippen molar-refractivity contribution in [2.45, 2.75) is 58.2 Å². The van der Waals surface area contributed by atoms with Crippen LogP contribution in [0.1, 0.15) is 59.3 Å². The zero-order valence-corrected chi connectivity index (χ0v) is 19.7. The molecule has 2 heterocycles. The number of nitrogens with one attached hydrogen (secondary N) is 3. The number of ether oxygens (including phenoxy) is 1. The molecule has 7 heteroatoms.